The van der Waals surface area contributed by atoms with E-state index in [0.29, 0.717) is 0 Å². The molecular formula is C11H19N3. The monoisotopic (exact) mass is 193 g/mol. The molecule has 0 aromatic carbocycles. The molecule has 0 unspecified atom stereocenters. The van der Waals surface area contributed by atoms with Gasteiger partial charge in [0.15, 0.2) is 0 Å². The predicted molar refractivity (Wildman–Crippen MR) is 60.6 cm³/mol. The Morgan fingerprint density at radius 2 is 1.93 bits per heavy atom. The third-order valence-electron chi connectivity index (χ3n) is 2.55. The standard InChI is InChI=1S/C11H19N3/c1-11(2,12-3)9-6-7-10(13-8-9)14(4)5/h6-8,12H,1-5H3. The summed E-state index contributed by atoms with van der Waals surface area (Å²) in [5.74, 6) is 0.987. The van der Waals surface area contributed by atoms with Crippen molar-refractivity contribution in [3.8, 4) is 0 Å². The SMILES string of the molecule is CNC(C)(C)c1ccc(N(C)C)nc1. The lowest BCUT2D eigenvalue weighted by molar-refractivity contribution is 0.443. The molecular weight excluding hydrogens is 174 g/mol. The Morgan fingerprint density at radius 1 is 1.29 bits per heavy atom. The summed E-state index contributed by atoms with van der Waals surface area (Å²) in [5, 5.41) is 3.25. The lowest BCUT2D eigenvalue weighted by Crippen LogP contribution is -2.33. The molecule has 1 aromatic heterocycles. The van der Waals surface area contributed by atoms with Crippen molar-refractivity contribution in [3.63, 3.8) is 0 Å². The Bertz CT molecular complexity index is 288. The highest BCUT2D eigenvalue weighted by molar-refractivity contribution is 5.38. The molecule has 0 spiro atoms. The van der Waals surface area contributed by atoms with Gasteiger partial charge in [-0.2, -0.15) is 0 Å². The number of nitrogens with zero attached hydrogens (tertiary/aromatic N) is 2. The number of hydrogen-bond acceptors (Lipinski definition) is 3. The van der Waals surface area contributed by atoms with Gasteiger partial charge in [-0.05, 0) is 32.5 Å². The molecule has 0 amide bonds. The molecule has 1 aromatic rings. The Morgan fingerprint density at radius 3 is 2.29 bits per heavy atom. The maximum absolute atomic E-state index is 4.38. The van der Waals surface area contributed by atoms with E-state index in [0.717, 1.165) is 5.82 Å². The third kappa shape index (κ3) is 2.23. The van der Waals surface area contributed by atoms with Gasteiger partial charge in [-0.1, -0.05) is 6.07 Å². The molecule has 0 aliphatic heterocycles. The average Bonchev–Trinajstić information content (AvgIpc) is 2.18. The molecule has 3 heteroatoms. The second-order valence-electron chi connectivity index (χ2n) is 4.17. The van der Waals surface area contributed by atoms with Gasteiger partial charge in [-0.15, -0.1) is 0 Å². The van der Waals surface area contributed by atoms with Crippen molar-refractivity contribution in [3.05, 3.63) is 23.9 Å². The normalized spacial score (nSPS) is 11.5. The molecule has 0 bridgehead atoms. The zero-order valence-electron chi connectivity index (χ0n) is 9.63. The van der Waals surface area contributed by atoms with Crippen molar-refractivity contribution in [2.45, 2.75) is 19.4 Å². The van der Waals surface area contributed by atoms with Crippen molar-refractivity contribution in [1.29, 1.82) is 0 Å². The van der Waals surface area contributed by atoms with Crippen LogP contribution in [0.3, 0.4) is 0 Å². The van der Waals surface area contributed by atoms with Crippen molar-refractivity contribution < 1.29 is 0 Å². The zero-order chi connectivity index (χ0) is 10.8. The van der Waals surface area contributed by atoms with Gasteiger partial charge in [0.1, 0.15) is 5.82 Å². The first-order valence-electron chi connectivity index (χ1n) is 4.80. The van der Waals surface area contributed by atoms with Crippen LogP contribution in [0.1, 0.15) is 19.4 Å². The maximum atomic E-state index is 4.38. The Hall–Kier alpha value is -1.09. The van der Waals surface area contributed by atoms with E-state index in [1.54, 1.807) is 0 Å². The number of pyridine rings is 1. The van der Waals surface area contributed by atoms with Crippen LogP contribution in [0.4, 0.5) is 5.82 Å². The summed E-state index contributed by atoms with van der Waals surface area (Å²) in [6, 6.07) is 4.15. The van der Waals surface area contributed by atoms with Crippen molar-refractivity contribution >= 4 is 5.82 Å². The first-order chi connectivity index (χ1) is 6.47. The lowest BCUT2D eigenvalue weighted by atomic mass is 9.96. The lowest BCUT2D eigenvalue weighted by Gasteiger charge is -2.24. The van der Waals surface area contributed by atoms with E-state index in [4.69, 9.17) is 0 Å². The molecule has 0 aliphatic carbocycles. The minimum Gasteiger partial charge on any atom is -0.363 e. The van der Waals surface area contributed by atoms with Crippen LogP contribution in [0, 0.1) is 0 Å². The summed E-state index contributed by atoms with van der Waals surface area (Å²) in [5.41, 5.74) is 1.18. The van der Waals surface area contributed by atoms with Crippen molar-refractivity contribution in [2.75, 3.05) is 26.0 Å². The molecule has 1 N–H and O–H groups in total. The summed E-state index contributed by atoms with van der Waals surface area (Å²) < 4.78 is 0. The Kier molecular flexibility index (Phi) is 3.11. The fourth-order valence-electron chi connectivity index (χ4n) is 1.16. The smallest absolute Gasteiger partial charge is 0.127 e. The van der Waals surface area contributed by atoms with Crippen LogP contribution < -0.4 is 10.2 Å². The van der Waals surface area contributed by atoms with Crippen molar-refractivity contribution in [1.82, 2.24) is 10.3 Å². The van der Waals surface area contributed by atoms with Crippen molar-refractivity contribution in [2.24, 2.45) is 0 Å². The summed E-state index contributed by atoms with van der Waals surface area (Å²) >= 11 is 0. The first kappa shape index (κ1) is 11.0. The maximum Gasteiger partial charge on any atom is 0.127 e. The number of aromatic nitrogens is 1. The van der Waals surface area contributed by atoms with E-state index in [2.05, 4.69) is 30.2 Å². The van der Waals surface area contributed by atoms with Gasteiger partial charge in [0.05, 0.1) is 0 Å². The van der Waals surface area contributed by atoms with Crippen LogP contribution in [0.2, 0.25) is 0 Å². The minimum atomic E-state index is -0.0160. The van der Waals surface area contributed by atoms with Crippen LogP contribution >= 0.6 is 0 Å². The van der Waals surface area contributed by atoms with E-state index in [1.165, 1.54) is 5.56 Å². The van der Waals surface area contributed by atoms with Gasteiger partial charge in [0.2, 0.25) is 0 Å². The molecule has 0 saturated carbocycles. The van der Waals surface area contributed by atoms with E-state index in [9.17, 15) is 0 Å². The number of hydrogen-bond donors (Lipinski definition) is 1. The summed E-state index contributed by atoms with van der Waals surface area (Å²) in [7, 11) is 5.94. The second kappa shape index (κ2) is 3.96. The quantitative estimate of drug-likeness (QED) is 0.790. The highest BCUT2D eigenvalue weighted by Crippen LogP contribution is 2.19. The van der Waals surface area contributed by atoms with Gasteiger partial charge in [0, 0.05) is 25.8 Å². The summed E-state index contributed by atoms with van der Waals surface area (Å²) in [6.07, 6.45) is 1.92. The zero-order valence-corrected chi connectivity index (χ0v) is 9.63. The fraction of sp³-hybridized carbons (Fsp3) is 0.545. The van der Waals surface area contributed by atoms with E-state index in [-0.39, 0.29) is 5.54 Å². The molecule has 0 saturated heterocycles. The van der Waals surface area contributed by atoms with Gasteiger partial charge in [-0.3, -0.25) is 0 Å². The van der Waals surface area contributed by atoms with Gasteiger partial charge >= 0.3 is 0 Å². The van der Waals surface area contributed by atoms with Crippen LogP contribution in [0.5, 0.6) is 0 Å². The molecule has 78 valence electrons. The van der Waals surface area contributed by atoms with Gasteiger partial charge in [-0.25, -0.2) is 4.98 Å². The molecule has 1 rings (SSSR count). The summed E-state index contributed by atoms with van der Waals surface area (Å²) in [4.78, 5) is 6.37. The molecule has 0 fully saturated rings. The average molecular weight is 193 g/mol. The second-order valence-corrected chi connectivity index (χ2v) is 4.17. The predicted octanol–water partition coefficient (Wildman–Crippen LogP) is 1.60. The number of rotatable bonds is 3. The largest absolute Gasteiger partial charge is 0.363 e. The fourth-order valence-corrected chi connectivity index (χ4v) is 1.16. The van der Waals surface area contributed by atoms with Gasteiger partial charge < -0.3 is 10.2 Å². The molecule has 14 heavy (non-hydrogen) atoms. The minimum absolute atomic E-state index is 0.0160. The topological polar surface area (TPSA) is 28.2 Å². The van der Waals surface area contributed by atoms with Crippen LogP contribution in [-0.2, 0) is 5.54 Å². The highest BCUT2D eigenvalue weighted by atomic mass is 15.1. The van der Waals surface area contributed by atoms with Crippen LogP contribution in [-0.4, -0.2) is 26.1 Å². The first-order valence-corrected chi connectivity index (χ1v) is 4.80. The Balaban J connectivity index is 2.94. The molecule has 0 radical (unpaired) electrons. The van der Waals surface area contributed by atoms with Crippen LogP contribution in [0.15, 0.2) is 18.3 Å². The highest BCUT2D eigenvalue weighted by Gasteiger charge is 2.17. The third-order valence-corrected chi connectivity index (χ3v) is 2.55. The Labute approximate surface area is 86.2 Å². The van der Waals surface area contributed by atoms with Crippen LogP contribution in [0.25, 0.3) is 0 Å². The van der Waals surface area contributed by atoms with E-state index < -0.39 is 0 Å². The molecule has 0 atom stereocenters. The van der Waals surface area contributed by atoms with E-state index in [1.807, 2.05) is 38.3 Å². The molecule has 3 nitrogen and oxygen atoms in total. The number of nitrogens with one attached hydrogen (secondary N) is 1. The van der Waals surface area contributed by atoms with Gasteiger partial charge in [0.25, 0.3) is 0 Å². The molecule has 0 aliphatic rings. The summed E-state index contributed by atoms with van der Waals surface area (Å²) in [6.45, 7) is 4.28. The molecule has 1 heterocycles. The van der Waals surface area contributed by atoms with E-state index >= 15 is 0 Å². The number of anilines is 1.